The van der Waals surface area contributed by atoms with Gasteiger partial charge < -0.3 is 9.47 Å². The molecule has 0 atom stereocenters. The molecule has 0 aromatic heterocycles. The SMILES string of the molecule is O=C(OCC(F)(F)F)c1cccc([S+]2c3ccccc3Oc3ccccc32)c1. The van der Waals surface area contributed by atoms with E-state index >= 15 is 0 Å². The van der Waals surface area contributed by atoms with Crippen molar-refractivity contribution < 1.29 is 27.4 Å². The summed E-state index contributed by atoms with van der Waals surface area (Å²) in [6.45, 7) is -1.61. The first-order valence-electron chi connectivity index (χ1n) is 8.36. The molecule has 0 saturated carbocycles. The Kier molecular flexibility index (Phi) is 4.77. The molecule has 0 N–H and O–H groups in total. The van der Waals surface area contributed by atoms with Crippen molar-refractivity contribution >= 4 is 16.9 Å². The lowest BCUT2D eigenvalue weighted by Gasteiger charge is -2.19. The molecule has 0 fully saturated rings. The predicted octanol–water partition coefficient (Wildman–Crippen LogP) is 5.61. The van der Waals surface area contributed by atoms with Gasteiger partial charge in [0.05, 0.1) is 5.56 Å². The van der Waals surface area contributed by atoms with E-state index in [0.717, 1.165) is 26.2 Å². The first kappa shape index (κ1) is 18.4. The highest BCUT2D eigenvalue weighted by Gasteiger charge is 2.39. The standard InChI is InChI=1S/C21H14F3O3S/c22-21(23,24)13-26-20(25)14-6-5-7-15(12-14)28-18-10-3-1-8-16(18)27-17-9-2-4-11-19(17)28/h1-12H,13H2/q+1. The lowest BCUT2D eigenvalue weighted by molar-refractivity contribution is -0.161. The number of hydrogen-bond donors (Lipinski definition) is 0. The second-order valence-corrected chi connectivity index (χ2v) is 7.98. The number of para-hydroxylation sites is 2. The van der Waals surface area contributed by atoms with Crippen LogP contribution in [-0.4, -0.2) is 18.8 Å². The lowest BCUT2D eigenvalue weighted by atomic mass is 10.2. The molecule has 7 heteroatoms. The highest BCUT2D eigenvalue weighted by molar-refractivity contribution is 7.97. The van der Waals surface area contributed by atoms with Gasteiger partial charge in [0, 0.05) is 6.07 Å². The zero-order chi connectivity index (χ0) is 19.7. The van der Waals surface area contributed by atoms with Gasteiger partial charge in [-0.1, -0.05) is 30.3 Å². The van der Waals surface area contributed by atoms with E-state index < -0.39 is 29.6 Å². The van der Waals surface area contributed by atoms with Gasteiger partial charge in [0.2, 0.25) is 9.79 Å². The molecular weight excluding hydrogens is 389 g/mol. The van der Waals surface area contributed by atoms with Crippen LogP contribution < -0.4 is 4.74 Å². The molecule has 0 amide bonds. The van der Waals surface area contributed by atoms with Crippen molar-refractivity contribution in [2.45, 2.75) is 20.9 Å². The molecule has 3 nitrogen and oxygen atoms in total. The van der Waals surface area contributed by atoms with Crippen LogP contribution in [-0.2, 0) is 15.6 Å². The van der Waals surface area contributed by atoms with Gasteiger partial charge in [0.15, 0.2) is 23.0 Å². The Bertz CT molecular complexity index is 988. The summed E-state index contributed by atoms with van der Waals surface area (Å²) >= 11 is 0. The predicted molar refractivity (Wildman–Crippen MR) is 97.9 cm³/mol. The van der Waals surface area contributed by atoms with Crippen LogP contribution in [0.2, 0.25) is 0 Å². The summed E-state index contributed by atoms with van der Waals surface area (Å²) in [5.41, 5.74) is 0.0794. The maximum atomic E-state index is 12.3. The first-order chi connectivity index (χ1) is 13.4. The van der Waals surface area contributed by atoms with Gasteiger partial charge >= 0.3 is 12.1 Å². The van der Waals surface area contributed by atoms with E-state index in [1.807, 2.05) is 54.6 Å². The second-order valence-electron chi connectivity index (χ2n) is 6.02. The van der Waals surface area contributed by atoms with Crippen molar-refractivity contribution in [2.75, 3.05) is 6.61 Å². The largest absolute Gasteiger partial charge is 0.452 e. The van der Waals surface area contributed by atoms with E-state index in [1.165, 1.54) is 6.07 Å². The fourth-order valence-electron chi connectivity index (χ4n) is 2.88. The number of rotatable bonds is 3. The summed E-state index contributed by atoms with van der Waals surface area (Å²) in [6.07, 6.45) is -4.56. The van der Waals surface area contributed by atoms with Gasteiger partial charge in [0.1, 0.15) is 10.9 Å². The number of halogens is 3. The number of carbonyl (C=O) groups is 1. The average Bonchev–Trinajstić information content (AvgIpc) is 2.69. The molecule has 0 radical (unpaired) electrons. The number of benzene rings is 3. The molecular formula is C21H14F3O3S+. The van der Waals surface area contributed by atoms with Gasteiger partial charge in [-0.05, 0) is 36.4 Å². The van der Waals surface area contributed by atoms with Crippen LogP contribution in [0, 0.1) is 0 Å². The summed E-state index contributed by atoms with van der Waals surface area (Å²) in [6, 6.07) is 21.7. The van der Waals surface area contributed by atoms with Gasteiger partial charge in [-0.2, -0.15) is 13.2 Å². The molecule has 0 unspecified atom stereocenters. The van der Waals surface area contributed by atoms with Crippen molar-refractivity contribution in [1.82, 2.24) is 0 Å². The second kappa shape index (κ2) is 7.24. The van der Waals surface area contributed by atoms with Crippen LogP contribution in [0.1, 0.15) is 10.4 Å². The number of ether oxygens (including phenoxy) is 2. The Labute approximate surface area is 162 Å². The lowest BCUT2D eigenvalue weighted by Crippen LogP contribution is -2.20. The summed E-state index contributed by atoms with van der Waals surface area (Å²) in [7, 11) is -0.561. The van der Waals surface area contributed by atoms with E-state index in [9.17, 15) is 18.0 Å². The van der Waals surface area contributed by atoms with Crippen molar-refractivity contribution in [1.29, 1.82) is 0 Å². The van der Waals surface area contributed by atoms with E-state index in [2.05, 4.69) is 4.74 Å². The molecule has 1 aliphatic heterocycles. The maximum absolute atomic E-state index is 12.3. The Morgan fingerprint density at radius 1 is 0.893 bits per heavy atom. The summed E-state index contributed by atoms with van der Waals surface area (Å²) in [4.78, 5) is 14.8. The third kappa shape index (κ3) is 3.71. The monoisotopic (exact) mass is 403 g/mol. The van der Waals surface area contributed by atoms with E-state index in [4.69, 9.17) is 4.74 Å². The molecule has 142 valence electrons. The number of alkyl halides is 3. The maximum Gasteiger partial charge on any atom is 0.422 e. The van der Waals surface area contributed by atoms with E-state index in [1.54, 1.807) is 12.1 Å². The Hall–Kier alpha value is -2.93. The van der Waals surface area contributed by atoms with Crippen molar-refractivity contribution in [3.8, 4) is 11.5 Å². The van der Waals surface area contributed by atoms with Crippen LogP contribution in [0.15, 0.2) is 87.5 Å². The third-order valence-corrected chi connectivity index (χ3v) is 6.31. The Morgan fingerprint density at radius 3 is 2.11 bits per heavy atom. The molecule has 0 aliphatic carbocycles. The number of hydrogen-bond acceptors (Lipinski definition) is 3. The minimum absolute atomic E-state index is 0.0794. The summed E-state index contributed by atoms with van der Waals surface area (Å²) in [5, 5.41) is 0. The van der Waals surface area contributed by atoms with E-state index in [0.29, 0.717) is 0 Å². The fourth-order valence-corrected chi connectivity index (χ4v) is 5.13. The molecule has 0 saturated heterocycles. The minimum Gasteiger partial charge on any atom is -0.452 e. The molecule has 3 aromatic carbocycles. The van der Waals surface area contributed by atoms with Gasteiger partial charge in [-0.15, -0.1) is 0 Å². The van der Waals surface area contributed by atoms with Crippen LogP contribution in [0.4, 0.5) is 13.2 Å². The molecule has 4 rings (SSSR count). The fraction of sp³-hybridized carbons (Fsp3) is 0.0952. The molecule has 0 spiro atoms. The highest BCUT2D eigenvalue weighted by Crippen LogP contribution is 2.46. The molecule has 1 aliphatic rings. The zero-order valence-electron chi connectivity index (χ0n) is 14.4. The average molecular weight is 403 g/mol. The van der Waals surface area contributed by atoms with E-state index in [-0.39, 0.29) is 5.56 Å². The quantitative estimate of drug-likeness (QED) is 0.330. The van der Waals surface area contributed by atoms with Gasteiger partial charge in [-0.25, -0.2) is 4.79 Å². The topological polar surface area (TPSA) is 35.5 Å². The summed E-state index contributed by atoms with van der Waals surface area (Å²) in [5.74, 6) is 0.432. The molecule has 3 aromatic rings. The first-order valence-corrected chi connectivity index (χ1v) is 9.59. The molecule has 1 heterocycles. The van der Waals surface area contributed by atoms with Gasteiger partial charge in [0.25, 0.3) is 0 Å². The minimum atomic E-state index is -4.56. The molecule has 0 bridgehead atoms. The smallest absolute Gasteiger partial charge is 0.422 e. The van der Waals surface area contributed by atoms with Crippen LogP contribution >= 0.6 is 0 Å². The highest BCUT2D eigenvalue weighted by atomic mass is 32.2. The number of carbonyl (C=O) groups excluding carboxylic acids is 1. The third-order valence-electron chi connectivity index (χ3n) is 4.03. The summed E-state index contributed by atoms with van der Waals surface area (Å²) < 4.78 is 47.4. The van der Waals surface area contributed by atoms with Crippen molar-refractivity contribution in [2.24, 2.45) is 0 Å². The number of fused-ring (bicyclic) bond motifs is 2. The van der Waals surface area contributed by atoms with Crippen LogP contribution in [0.25, 0.3) is 0 Å². The van der Waals surface area contributed by atoms with Crippen LogP contribution in [0.5, 0.6) is 11.5 Å². The van der Waals surface area contributed by atoms with Gasteiger partial charge in [-0.3, -0.25) is 0 Å². The Morgan fingerprint density at radius 2 is 1.50 bits per heavy atom. The van der Waals surface area contributed by atoms with Crippen molar-refractivity contribution in [3.63, 3.8) is 0 Å². The zero-order valence-corrected chi connectivity index (χ0v) is 15.2. The Balaban J connectivity index is 1.73. The normalized spacial score (nSPS) is 13.2. The van der Waals surface area contributed by atoms with Crippen molar-refractivity contribution in [3.05, 3.63) is 78.4 Å². The van der Waals surface area contributed by atoms with Crippen LogP contribution in [0.3, 0.4) is 0 Å². The number of esters is 1. The molecule has 28 heavy (non-hydrogen) atoms.